The number of nitrogens with zero attached hydrogens (tertiary/aromatic N) is 3. The van der Waals surface area contributed by atoms with Crippen LogP contribution in [-0.2, 0) is 9.47 Å². The molecule has 1 heterocycles. The second kappa shape index (κ2) is 7.75. The van der Waals surface area contributed by atoms with E-state index in [0.717, 1.165) is 36.2 Å². The molecule has 1 aromatic heterocycles. The summed E-state index contributed by atoms with van der Waals surface area (Å²) in [5, 5.41) is 1.00. The Balaban J connectivity index is 2.33. The standard InChI is InChI=1S/C15H22N4O2/c1-20-10-5-8-19(9-11-21-2)14-12-6-3-4-7-13(12)17-15(16)18-14/h3-4,6-7H,5,8-11H2,1-2H3,(H2,16,17,18). The van der Waals surface area contributed by atoms with Gasteiger partial charge in [0.2, 0.25) is 5.95 Å². The molecule has 6 nitrogen and oxygen atoms in total. The van der Waals surface area contributed by atoms with Gasteiger partial charge in [-0.05, 0) is 18.6 Å². The molecule has 2 N–H and O–H groups in total. The van der Waals surface area contributed by atoms with Crippen molar-refractivity contribution in [2.45, 2.75) is 6.42 Å². The molecule has 0 aliphatic heterocycles. The van der Waals surface area contributed by atoms with Crippen molar-refractivity contribution in [3.8, 4) is 0 Å². The Labute approximate surface area is 124 Å². The molecule has 2 rings (SSSR count). The third-order valence-electron chi connectivity index (χ3n) is 3.24. The van der Waals surface area contributed by atoms with Gasteiger partial charge < -0.3 is 20.1 Å². The molecule has 0 saturated carbocycles. The van der Waals surface area contributed by atoms with Crippen molar-refractivity contribution in [2.24, 2.45) is 0 Å². The van der Waals surface area contributed by atoms with E-state index in [-0.39, 0.29) is 5.95 Å². The molecule has 0 fully saturated rings. The lowest BCUT2D eigenvalue weighted by Crippen LogP contribution is -2.30. The van der Waals surface area contributed by atoms with Gasteiger partial charge >= 0.3 is 0 Å². The predicted molar refractivity (Wildman–Crippen MR) is 84.5 cm³/mol. The Morgan fingerprint density at radius 3 is 2.57 bits per heavy atom. The van der Waals surface area contributed by atoms with E-state index >= 15 is 0 Å². The van der Waals surface area contributed by atoms with Crippen LogP contribution in [0.15, 0.2) is 24.3 Å². The summed E-state index contributed by atoms with van der Waals surface area (Å²) in [6, 6.07) is 7.89. The Morgan fingerprint density at radius 2 is 1.81 bits per heavy atom. The average molecular weight is 290 g/mol. The first-order valence-electron chi connectivity index (χ1n) is 7.01. The van der Waals surface area contributed by atoms with E-state index in [2.05, 4.69) is 14.9 Å². The lowest BCUT2D eigenvalue weighted by molar-refractivity contribution is 0.191. The summed E-state index contributed by atoms with van der Waals surface area (Å²) in [6.45, 7) is 2.92. The molecule has 0 saturated heterocycles. The number of nitrogens with two attached hydrogens (primary N) is 1. The second-order valence-corrected chi connectivity index (χ2v) is 4.75. The first-order valence-corrected chi connectivity index (χ1v) is 7.01. The molecular formula is C15H22N4O2. The number of rotatable bonds is 8. The van der Waals surface area contributed by atoms with Gasteiger partial charge in [0.15, 0.2) is 0 Å². The zero-order valence-electron chi connectivity index (χ0n) is 12.6. The summed E-state index contributed by atoms with van der Waals surface area (Å²) in [5.41, 5.74) is 6.70. The number of ether oxygens (including phenoxy) is 2. The number of nitrogen functional groups attached to an aromatic ring is 1. The van der Waals surface area contributed by atoms with E-state index in [1.165, 1.54) is 0 Å². The third kappa shape index (κ3) is 4.03. The molecule has 0 spiro atoms. The van der Waals surface area contributed by atoms with Gasteiger partial charge in [-0.1, -0.05) is 12.1 Å². The summed E-state index contributed by atoms with van der Waals surface area (Å²) in [4.78, 5) is 10.9. The number of hydrogen-bond donors (Lipinski definition) is 1. The number of hydrogen-bond acceptors (Lipinski definition) is 6. The van der Waals surface area contributed by atoms with Crippen molar-refractivity contribution in [3.63, 3.8) is 0 Å². The van der Waals surface area contributed by atoms with Crippen molar-refractivity contribution >= 4 is 22.7 Å². The highest BCUT2D eigenvalue weighted by Gasteiger charge is 2.13. The maximum absolute atomic E-state index is 5.84. The zero-order chi connectivity index (χ0) is 15.1. The van der Waals surface area contributed by atoms with Crippen molar-refractivity contribution in [1.29, 1.82) is 0 Å². The van der Waals surface area contributed by atoms with Crippen LogP contribution in [0.5, 0.6) is 0 Å². The predicted octanol–water partition coefficient (Wildman–Crippen LogP) is 1.70. The zero-order valence-corrected chi connectivity index (χ0v) is 12.6. The van der Waals surface area contributed by atoms with Crippen LogP contribution in [-0.4, -0.2) is 50.5 Å². The highest BCUT2D eigenvalue weighted by Crippen LogP contribution is 2.24. The number of benzene rings is 1. The Bertz CT molecular complexity index is 577. The SMILES string of the molecule is COCCCN(CCOC)c1nc(N)nc2ccccc12. The van der Waals surface area contributed by atoms with E-state index in [9.17, 15) is 0 Å². The number of para-hydroxylation sites is 1. The van der Waals surface area contributed by atoms with E-state index in [1.54, 1.807) is 14.2 Å². The highest BCUT2D eigenvalue weighted by molar-refractivity contribution is 5.90. The number of anilines is 2. The number of methoxy groups -OCH3 is 2. The van der Waals surface area contributed by atoms with Crippen LogP contribution >= 0.6 is 0 Å². The largest absolute Gasteiger partial charge is 0.385 e. The maximum atomic E-state index is 5.84. The summed E-state index contributed by atoms with van der Waals surface area (Å²) >= 11 is 0. The lowest BCUT2D eigenvalue weighted by Gasteiger charge is -2.24. The molecule has 2 aromatic rings. The van der Waals surface area contributed by atoms with Crippen molar-refractivity contribution in [1.82, 2.24) is 9.97 Å². The molecular weight excluding hydrogens is 268 g/mol. The topological polar surface area (TPSA) is 73.5 Å². The van der Waals surface area contributed by atoms with Crippen molar-refractivity contribution in [2.75, 3.05) is 51.2 Å². The van der Waals surface area contributed by atoms with Crippen molar-refractivity contribution in [3.05, 3.63) is 24.3 Å². The molecule has 0 radical (unpaired) electrons. The monoisotopic (exact) mass is 290 g/mol. The number of fused-ring (bicyclic) bond motifs is 1. The van der Waals surface area contributed by atoms with Crippen LogP contribution in [0, 0.1) is 0 Å². The number of aromatic nitrogens is 2. The lowest BCUT2D eigenvalue weighted by atomic mass is 10.2. The van der Waals surface area contributed by atoms with E-state index in [1.807, 2.05) is 24.3 Å². The smallest absolute Gasteiger partial charge is 0.222 e. The van der Waals surface area contributed by atoms with Gasteiger partial charge in [-0.2, -0.15) is 4.98 Å². The summed E-state index contributed by atoms with van der Waals surface area (Å²) in [5.74, 6) is 1.14. The summed E-state index contributed by atoms with van der Waals surface area (Å²) in [7, 11) is 3.40. The van der Waals surface area contributed by atoms with Gasteiger partial charge in [0.25, 0.3) is 0 Å². The molecule has 21 heavy (non-hydrogen) atoms. The Kier molecular flexibility index (Phi) is 5.71. The molecule has 114 valence electrons. The van der Waals surface area contributed by atoms with E-state index in [0.29, 0.717) is 13.2 Å². The minimum Gasteiger partial charge on any atom is -0.385 e. The third-order valence-corrected chi connectivity index (χ3v) is 3.24. The fourth-order valence-corrected chi connectivity index (χ4v) is 2.24. The first-order chi connectivity index (χ1) is 10.3. The van der Waals surface area contributed by atoms with Crippen LogP contribution in [0.25, 0.3) is 10.9 Å². The summed E-state index contributed by atoms with van der Waals surface area (Å²) < 4.78 is 10.3. The quantitative estimate of drug-likeness (QED) is 0.746. The molecule has 0 aliphatic rings. The molecule has 0 unspecified atom stereocenters. The van der Waals surface area contributed by atoms with Gasteiger partial charge in [0.1, 0.15) is 5.82 Å². The van der Waals surface area contributed by atoms with Gasteiger partial charge in [0, 0.05) is 39.3 Å². The van der Waals surface area contributed by atoms with Crippen LogP contribution < -0.4 is 10.6 Å². The fourth-order valence-electron chi connectivity index (χ4n) is 2.24. The van der Waals surface area contributed by atoms with Crippen LogP contribution in [0.4, 0.5) is 11.8 Å². The molecule has 0 bridgehead atoms. The molecule has 0 amide bonds. The van der Waals surface area contributed by atoms with Gasteiger partial charge in [-0.15, -0.1) is 0 Å². The fraction of sp³-hybridized carbons (Fsp3) is 0.467. The van der Waals surface area contributed by atoms with E-state index in [4.69, 9.17) is 15.2 Å². The Hall–Kier alpha value is -1.92. The molecule has 0 aliphatic carbocycles. The highest BCUT2D eigenvalue weighted by atomic mass is 16.5. The molecule has 0 atom stereocenters. The molecule has 6 heteroatoms. The van der Waals surface area contributed by atoms with Crippen LogP contribution in [0.3, 0.4) is 0 Å². The first kappa shape index (κ1) is 15.5. The van der Waals surface area contributed by atoms with Crippen molar-refractivity contribution < 1.29 is 9.47 Å². The van der Waals surface area contributed by atoms with Gasteiger partial charge in [-0.25, -0.2) is 4.98 Å². The minimum absolute atomic E-state index is 0.290. The Morgan fingerprint density at radius 1 is 1.05 bits per heavy atom. The maximum Gasteiger partial charge on any atom is 0.222 e. The molecule has 1 aromatic carbocycles. The second-order valence-electron chi connectivity index (χ2n) is 4.75. The van der Waals surface area contributed by atoms with Crippen LogP contribution in [0.1, 0.15) is 6.42 Å². The van der Waals surface area contributed by atoms with Gasteiger partial charge in [0.05, 0.1) is 12.1 Å². The normalized spacial score (nSPS) is 11.0. The van der Waals surface area contributed by atoms with Crippen LogP contribution in [0.2, 0.25) is 0 Å². The average Bonchev–Trinajstić information content (AvgIpc) is 2.50. The van der Waals surface area contributed by atoms with E-state index < -0.39 is 0 Å². The minimum atomic E-state index is 0.290. The van der Waals surface area contributed by atoms with Gasteiger partial charge in [-0.3, -0.25) is 0 Å². The summed E-state index contributed by atoms with van der Waals surface area (Å²) in [6.07, 6.45) is 0.915.